The van der Waals surface area contributed by atoms with Gasteiger partial charge in [0.25, 0.3) is 0 Å². The predicted octanol–water partition coefficient (Wildman–Crippen LogP) is 2.18. The summed E-state index contributed by atoms with van der Waals surface area (Å²) in [5.74, 6) is 0.0598. The Balaban J connectivity index is 1.58. The van der Waals surface area contributed by atoms with E-state index >= 15 is 0 Å². The molecule has 1 aliphatic rings. The van der Waals surface area contributed by atoms with Crippen LogP contribution < -0.4 is 10.2 Å². The molecule has 2 heterocycles. The highest BCUT2D eigenvalue weighted by Crippen LogP contribution is 2.27. The second-order valence-electron chi connectivity index (χ2n) is 6.75. The Bertz CT molecular complexity index is 740. The molecule has 2 amide bonds. The summed E-state index contributed by atoms with van der Waals surface area (Å²) in [6.45, 7) is 5.90. The Kier molecular flexibility index (Phi) is 5.16. The number of hydrogen-bond acceptors (Lipinski definition) is 3. The summed E-state index contributed by atoms with van der Waals surface area (Å²) in [5.41, 5.74) is 2.07. The first-order valence-electron chi connectivity index (χ1n) is 8.68. The molecule has 1 saturated heterocycles. The zero-order valence-corrected chi connectivity index (χ0v) is 14.7. The maximum atomic E-state index is 12.4. The van der Waals surface area contributed by atoms with Crippen LogP contribution in [0.3, 0.4) is 0 Å². The second kappa shape index (κ2) is 7.51. The first kappa shape index (κ1) is 17.2. The maximum absolute atomic E-state index is 12.4. The molecule has 6 nitrogen and oxygen atoms in total. The third-order valence-electron chi connectivity index (χ3n) is 4.57. The van der Waals surface area contributed by atoms with E-state index in [1.54, 1.807) is 17.4 Å². The molecule has 1 unspecified atom stereocenters. The molecule has 1 aromatic carbocycles. The lowest BCUT2D eigenvalue weighted by Crippen LogP contribution is -2.34. The van der Waals surface area contributed by atoms with Gasteiger partial charge in [-0.1, -0.05) is 26.0 Å². The Hall–Kier alpha value is -2.63. The standard InChI is InChI=1S/C19H24N4O2/c1-14(2)15-4-3-5-17(10-15)23-12-16(11-18(23)24)19(25)21-7-9-22-8-6-20-13-22/h3-6,8,10,13-14,16H,7,9,11-12H2,1-2H3,(H,21,25). The quantitative estimate of drug-likeness (QED) is 0.876. The molecule has 1 fully saturated rings. The van der Waals surface area contributed by atoms with E-state index in [1.165, 1.54) is 5.56 Å². The van der Waals surface area contributed by atoms with Crippen LogP contribution in [0.5, 0.6) is 0 Å². The average Bonchev–Trinajstić information content (AvgIpc) is 3.24. The first-order valence-corrected chi connectivity index (χ1v) is 8.68. The first-order chi connectivity index (χ1) is 12.0. The summed E-state index contributed by atoms with van der Waals surface area (Å²) in [4.78, 5) is 30.4. The number of carbonyl (C=O) groups excluding carboxylic acids is 2. The Morgan fingerprint density at radius 2 is 2.24 bits per heavy atom. The summed E-state index contributed by atoms with van der Waals surface area (Å²) >= 11 is 0. The molecule has 2 aromatic rings. The van der Waals surface area contributed by atoms with Crippen molar-refractivity contribution >= 4 is 17.5 Å². The minimum absolute atomic E-state index is 0.00988. The van der Waals surface area contributed by atoms with Crippen LogP contribution in [0.4, 0.5) is 5.69 Å². The molecule has 0 radical (unpaired) electrons. The van der Waals surface area contributed by atoms with Crippen molar-refractivity contribution in [2.45, 2.75) is 32.7 Å². The van der Waals surface area contributed by atoms with E-state index in [1.807, 2.05) is 29.0 Å². The van der Waals surface area contributed by atoms with Crippen LogP contribution in [0, 0.1) is 5.92 Å². The average molecular weight is 340 g/mol. The lowest BCUT2D eigenvalue weighted by atomic mass is 10.0. The van der Waals surface area contributed by atoms with E-state index in [9.17, 15) is 9.59 Å². The maximum Gasteiger partial charge on any atom is 0.227 e. The topological polar surface area (TPSA) is 67.2 Å². The van der Waals surface area contributed by atoms with Gasteiger partial charge in [0.05, 0.1) is 12.2 Å². The molecule has 25 heavy (non-hydrogen) atoms. The van der Waals surface area contributed by atoms with Gasteiger partial charge in [-0.2, -0.15) is 0 Å². The third-order valence-corrected chi connectivity index (χ3v) is 4.57. The van der Waals surface area contributed by atoms with Crippen LogP contribution >= 0.6 is 0 Å². The summed E-state index contributed by atoms with van der Waals surface area (Å²) < 4.78 is 1.91. The summed E-state index contributed by atoms with van der Waals surface area (Å²) in [7, 11) is 0. The van der Waals surface area contributed by atoms with Gasteiger partial charge in [-0.05, 0) is 23.6 Å². The van der Waals surface area contributed by atoms with E-state index in [4.69, 9.17) is 0 Å². The van der Waals surface area contributed by atoms with Crippen LogP contribution in [-0.4, -0.2) is 34.5 Å². The molecule has 1 atom stereocenters. The van der Waals surface area contributed by atoms with Gasteiger partial charge in [0, 0.05) is 44.1 Å². The van der Waals surface area contributed by atoms with Gasteiger partial charge in [-0.15, -0.1) is 0 Å². The number of rotatable bonds is 6. The van der Waals surface area contributed by atoms with Gasteiger partial charge in [0.2, 0.25) is 11.8 Å². The largest absolute Gasteiger partial charge is 0.354 e. The number of imidazole rings is 1. The van der Waals surface area contributed by atoms with Crippen LogP contribution in [0.2, 0.25) is 0 Å². The molecule has 1 aliphatic heterocycles. The smallest absolute Gasteiger partial charge is 0.227 e. The van der Waals surface area contributed by atoms with Crippen molar-refractivity contribution in [2.24, 2.45) is 5.92 Å². The number of hydrogen-bond donors (Lipinski definition) is 1. The highest BCUT2D eigenvalue weighted by Gasteiger charge is 2.35. The number of anilines is 1. The van der Waals surface area contributed by atoms with E-state index in [-0.39, 0.29) is 24.2 Å². The molecular weight excluding hydrogens is 316 g/mol. The van der Waals surface area contributed by atoms with E-state index in [2.05, 4.69) is 30.2 Å². The van der Waals surface area contributed by atoms with Gasteiger partial charge >= 0.3 is 0 Å². The predicted molar refractivity (Wildman–Crippen MR) is 96.2 cm³/mol. The van der Waals surface area contributed by atoms with Crippen molar-refractivity contribution in [3.8, 4) is 0 Å². The highest BCUT2D eigenvalue weighted by atomic mass is 16.2. The third kappa shape index (κ3) is 4.07. The van der Waals surface area contributed by atoms with Crippen molar-refractivity contribution in [2.75, 3.05) is 18.0 Å². The van der Waals surface area contributed by atoms with Gasteiger partial charge in [0.15, 0.2) is 0 Å². The molecule has 0 aliphatic carbocycles. The summed E-state index contributed by atoms with van der Waals surface area (Å²) in [5, 5.41) is 2.92. The molecular formula is C19H24N4O2. The van der Waals surface area contributed by atoms with E-state index in [0.717, 1.165) is 5.69 Å². The zero-order chi connectivity index (χ0) is 17.8. The Labute approximate surface area is 147 Å². The van der Waals surface area contributed by atoms with Crippen LogP contribution in [0.1, 0.15) is 31.7 Å². The molecule has 3 rings (SSSR count). The second-order valence-corrected chi connectivity index (χ2v) is 6.75. The van der Waals surface area contributed by atoms with Crippen molar-refractivity contribution in [1.29, 1.82) is 0 Å². The Morgan fingerprint density at radius 3 is 2.96 bits per heavy atom. The van der Waals surface area contributed by atoms with E-state index in [0.29, 0.717) is 25.6 Å². The molecule has 0 bridgehead atoms. The molecule has 1 aromatic heterocycles. The molecule has 6 heteroatoms. The lowest BCUT2D eigenvalue weighted by Gasteiger charge is -2.18. The van der Waals surface area contributed by atoms with Crippen LogP contribution in [0.15, 0.2) is 43.0 Å². The lowest BCUT2D eigenvalue weighted by molar-refractivity contribution is -0.126. The van der Waals surface area contributed by atoms with Crippen molar-refractivity contribution in [3.05, 3.63) is 48.5 Å². The number of nitrogens with zero attached hydrogens (tertiary/aromatic N) is 3. The fraction of sp³-hybridized carbons (Fsp3) is 0.421. The fourth-order valence-corrected chi connectivity index (χ4v) is 3.06. The number of nitrogens with one attached hydrogen (secondary N) is 1. The van der Waals surface area contributed by atoms with Crippen LogP contribution in [-0.2, 0) is 16.1 Å². The summed E-state index contributed by atoms with van der Waals surface area (Å²) in [6, 6.07) is 8.01. The molecule has 0 spiro atoms. The van der Waals surface area contributed by atoms with Gasteiger partial charge in [-0.25, -0.2) is 4.98 Å². The van der Waals surface area contributed by atoms with Gasteiger partial charge in [-0.3, -0.25) is 9.59 Å². The normalized spacial score (nSPS) is 17.3. The molecule has 1 N–H and O–H groups in total. The minimum Gasteiger partial charge on any atom is -0.354 e. The van der Waals surface area contributed by atoms with Crippen LogP contribution in [0.25, 0.3) is 0 Å². The number of carbonyl (C=O) groups is 2. The van der Waals surface area contributed by atoms with Crippen molar-refractivity contribution in [3.63, 3.8) is 0 Å². The highest BCUT2D eigenvalue weighted by molar-refractivity contribution is 6.00. The molecule has 132 valence electrons. The van der Waals surface area contributed by atoms with Gasteiger partial charge in [0.1, 0.15) is 0 Å². The number of aromatic nitrogens is 2. The van der Waals surface area contributed by atoms with E-state index < -0.39 is 0 Å². The number of benzene rings is 1. The number of amides is 2. The molecule has 0 saturated carbocycles. The van der Waals surface area contributed by atoms with Crippen molar-refractivity contribution < 1.29 is 9.59 Å². The SMILES string of the molecule is CC(C)c1cccc(N2CC(C(=O)NCCn3ccnc3)CC2=O)c1. The summed E-state index contributed by atoms with van der Waals surface area (Å²) in [6.07, 6.45) is 5.55. The fourth-order valence-electron chi connectivity index (χ4n) is 3.06. The monoisotopic (exact) mass is 340 g/mol. The van der Waals surface area contributed by atoms with Crippen molar-refractivity contribution in [1.82, 2.24) is 14.9 Å². The zero-order valence-electron chi connectivity index (χ0n) is 14.7. The van der Waals surface area contributed by atoms with Gasteiger partial charge < -0.3 is 14.8 Å². The minimum atomic E-state index is -0.294. The Morgan fingerprint density at radius 1 is 1.40 bits per heavy atom.